The van der Waals surface area contributed by atoms with Crippen LogP contribution in [-0.2, 0) is 6.42 Å². The third-order valence-corrected chi connectivity index (χ3v) is 6.51. The molecule has 2 heterocycles. The van der Waals surface area contributed by atoms with Crippen molar-refractivity contribution >= 4 is 35.4 Å². The molecule has 0 radical (unpaired) electrons. The topological polar surface area (TPSA) is 96.1 Å². The Morgan fingerprint density at radius 2 is 1.96 bits per heavy atom. The van der Waals surface area contributed by atoms with Gasteiger partial charge in [0.2, 0.25) is 0 Å². The van der Waals surface area contributed by atoms with Crippen LogP contribution in [0.25, 0.3) is 0 Å². The monoisotopic (exact) mass is 390 g/mol. The number of benzene rings is 1. The second-order valence-electron chi connectivity index (χ2n) is 6.45. The second kappa shape index (κ2) is 7.08. The van der Waals surface area contributed by atoms with E-state index in [-0.39, 0.29) is 11.3 Å². The SMILES string of the molecule is N/N=C1/N=CCc2c1ccn2[C@@H]1C[C@H](Sc2ccc(Cl)cc2)[C@@H](O)[C@H]1O. The van der Waals surface area contributed by atoms with E-state index in [1.165, 1.54) is 0 Å². The van der Waals surface area contributed by atoms with Gasteiger partial charge >= 0.3 is 0 Å². The lowest BCUT2D eigenvalue weighted by Crippen LogP contribution is -2.31. The number of aliphatic imine (C=N–C) groups is 1. The Hall–Kier alpha value is -1.80. The molecule has 2 aromatic rings. The molecule has 1 aliphatic heterocycles. The fourth-order valence-corrected chi connectivity index (χ4v) is 5.01. The number of hydrogen-bond donors (Lipinski definition) is 3. The van der Waals surface area contributed by atoms with E-state index < -0.39 is 12.2 Å². The van der Waals surface area contributed by atoms with E-state index in [1.807, 2.05) is 41.1 Å². The van der Waals surface area contributed by atoms with Crippen molar-refractivity contribution in [2.75, 3.05) is 0 Å². The van der Waals surface area contributed by atoms with E-state index in [4.69, 9.17) is 17.4 Å². The van der Waals surface area contributed by atoms with E-state index in [9.17, 15) is 10.2 Å². The van der Waals surface area contributed by atoms with Gasteiger partial charge in [-0.25, -0.2) is 4.99 Å². The van der Waals surface area contributed by atoms with Gasteiger partial charge in [0.15, 0.2) is 5.84 Å². The van der Waals surface area contributed by atoms with Gasteiger partial charge in [0.05, 0.1) is 12.1 Å². The van der Waals surface area contributed by atoms with Crippen LogP contribution < -0.4 is 5.84 Å². The highest BCUT2D eigenvalue weighted by Gasteiger charge is 2.43. The van der Waals surface area contributed by atoms with Crippen molar-refractivity contribution in [2.24, 2.45) is 15.9 Å². The van der Waals surface area contributed by atoms with Gasteiger partial charge in [0.1, 0.15) is 6.10 Å². The minimum Gasteiger partial charge on any atom is -0.389 e. The van der Waals surface area contributed by atoms with Gasteiger partial charge in [-0.2, -0.15) is 5.10 Å². The van der Waals surface area contributed by atoms with Crippen LogP contribution in [0, 0.1) is 0 Å². The molecular weight excluding hydrogens is 372 g/mol. The predicted octanol–water partition coefficient (Wildman–Crippen LogP) is 2.22. The normalized spacial score (nSPS) is 29.3. The first-order chi connectivity index (χ1) is 12.6. The highest BCUT2D eigenvalue weighted by Crippen LogP contribution is 2.42. The number of aliphatic hydroxyl groups excluding tert-OH is 2. The van der Waals surface area contributed by atoms with Crippen LogP contribution in [0.5, 0.6) is 0 Å². The number of hydrazone groups is 1. The quantitative estimate of drug-likeness (QED) is 0.553. The smallest absolute Gasteiger partial charge is 0.180 e. The van der Waals surface area contributed by atoms with Crippen LogP contribution in [0.2, 0.25) is 5.02 Å². The van der Waals surface area contributed by atoms with E-state index in [1.54, 1.807) is 18.0 Å². The Labute approximate surface area is 160 Å². The number of hydrogen-bond acceptors (Lipinski definition) is 5. The minimum absolute atomic E-state index is 0.103. The summed E-state index contributed by atoms with van der Waals surface area (Å²) in [7, 11) is 0. The van der Waals surface area contributed by atoms with E-state index in [0.29, 0.717) is 23.7 Å². The Balaban J connectivity index is 1.57. The third kappa shape index (κ3) is 3.05. The molecule has 0 saturated heterocycles. The Morgan fingerprint density at radius 1 is 1.19 bits per heavy atom. The number of amidine groups is 1. The zero-order chi connectivity index (χ0) is 18.3. The highest BCUT2D eigenvalue weighted by atomic mass is 35.5. The number of nitrogens with two attached hydrogens (primary N) is 1. The zero-order valence-corrected chi connectivity index (χ0v) is 15.4. The lowest BCUT2D eigenvalue weighted by molar-refractivity contribution is 0.0249. The number of fused-ring (bicyclic) bond motifs is 1. The average Bonchev–Trinajstić information content (AvgIpc) is 3.20. The summed E-state index contributed by atoms with van der Waals surface area (Å²) in [6, 6.07) is 9.22. The molecule has 1 aliphatic carbocycles. The lowest BCUT2D eigenvalue weighted by Gasteiger charge is -2.22. The maximum atomic E-state index is 10.7. The van der Waals surface area contributed by atoms with E-state index in [2.05, 4.69) is 10.1 Å². The van der Waals surface area contributed by atoms with E-state index >= 15 is 0 Å². The Bertz CT molecular complexity index is 865. The van der Waals surface area contributed by atoms with Crippen molar-refractivity contribution in [3.05, 3.63) is 52.8 Å². The van der Waals surface area contributed by atoms with Crippen LogP contribution in [0.1, 0.15) is 23.7 Å². The molecule has 4 N–H and O–H groups in total. The first-order valence-corrected chi connectivity index (χ1v) is 9.63. The molecule has 4 atom stereocenters. The van der Waals surface area contributed by atoms with E-state index in [0.717, 1.165) is 16.2 Å². The second-order valence-corrected chi connectivity index (χ2v) is 8.20. The Kier molecular flexibility index (Phi) is 4.79. The van der Waals surface area contributed by atoms with Gasteiger partial charge in [-0.1, -0.05) is 11.6 Å². The Morgan fingerprint density at radius 3 is 2.69 bits per heavy atom. The molecule has 0 spiro atoms. The summed E-state index contributed by atoms with van der Waals surface area (Å²) in [6.45, 7) is 0. The molecule has 0 unspecified atom stereocenters. The molecule has 4 rings (SSSR count). The number of thioether (sulfide) groups is 1. The number of nitrogens with zero attached hydrogens (tertiary/aromatic N) is 3. The molecule has 0 bridgehead atoms. The van der Waals surface area contributed by atoms with Crippen LogP contribution in [-0.4, -0.2) is 44.3 Å². The number of rotatable bonds is 3. The maximum absolute atomic E-state index is 10.7. The molecule has 1 aromatic heterocycles. The van der Waals surface area contributed by atoms with Crippen molar-refractivity contribution in [3.63, 3.8) is 0 Å². The molecular formula is C18H19ClN4O2S. The van der Waals surface area contributed by atoms with Crippen LogP contribution in [0.15, 0.2) is 51.5 Å². The van der Waals surface area contributed by atoms with Crippen molar-refractivity contribution in [1.29, 1.82) is 0 Å². The third-order valence-electron chi connectivity index (χ3n) is 4.94. The zero-order valence-electron chi connectivity index (χ0n) is 13.9. The van der Waals surface area contributed by atoms with Gasteiger partial charge in [-0.05, 0) is 36.8 Å². The van der Waals surface area contributed by atoms with Crippen molar-refractivity contribution < 1.29 is 10.2 Å². The molecule has 1 saturated carbocycles. The fraction of sp³-hybridized carbons (Fsp3) is 0.333. The molecule has 0 amide bonds. The van der Waals surface area contributed by atoms with Crippen LogP contribution in [0.4, 0.5) is 0 Å². The molecule has 136 valence electrons. The number of aromatic nitrogens is 1. The van der Waals surface area contributed by atoms with Crippen molar-refractivity contribution in [1.82, 2.24) is 4.57 Å². The average molecular weight is 391 g/mol. The highest BCUT2D eigenvalue weighted by molar-refractivity contribution is 8.00. The standard InChI is InChI=1S/C18H19ClN4O2S/c19-10-1-3-11(4-2-10)26-15-9-14(16(24)17(15)25)23-8-6-12-13(23)5-7-21-18(12)22-20/h1-4,6-8,14-17,24-25H,5,9,20H2/b22-18+/t14-,15+,16+,17-/m1/s1. The summed E-state index contributed by atoms with van der Waals surface area (Å²) in [5, 5.41) is 25.5. The van der Waals surface area contributed by atoms with Gasteiger partial charge in [-0.3, -0.25) is 0 Å². The summed E-state index contributed by atoms with van der Waals surface area (Å²) in [5.74, 6) is 5.90. The van der Waals surface area contributed by atoms with Crippen molar-refractivity contribution in [3.8, 4) is 0 Å². The lowest BCUT2D eigenvalue weighted by atomic mass is 10.1. The molecule has 8 heteroatoms. The molecule has 1 aromatic carbocycles. The largest absolute Gasteiger partial charge is 0.389 e. The summed E-state index contributed by atoms with van der Waals surface area (Å²) in [5.41, 5.74) is 1.89. The molecule has 6 nitrogen and oxygen atoms in total. The minimum atomic E-state index is -0.839. The summed E-state index contributed by atoms with van der Waals surface area (Å²) >= 11 is 7.49. The predicted molar refractivity (Wildman–Crippen MR) is 104 cm³/mol. The fourth-order valence-electron chi connectivity index (χ4n) is 3.65. The van der Waals surface area contributed by atoms with Crippen molar-refractivity contribution in [2.45, 2.75) is 41.2 Å². The summed E-state index contributed by atoms with van der Waals surface area (Å²) in [6.07, 6.45) is 3.34. The summed E-state index contributed by atoms with van der Waals surface area (Å²) < 4.78 is 2.03. The molecule has 26 heavy (non-hydrogen) atoms. The first-order valence-electron chi connectivity index (χ1n) is 8.37. The van der Waals surface area contributed by atoms with Gasteiger partial charge in [0.25, 0.3) is 0 Å². The van der Waals surface area contributed by atoms with Gasteiger partial charge < -0.3 is 20.6 Å². The van der Waals surface area contributed by atoms with Gasteiger partial charge in [0, 0.05) is 45.3 Å². The van der Waals surface area contributed by atoms with Crippen LogP contribution in [0.3, 0.4) is 0 Å². The first kappa shape index (κ1) is 17.6. The molecule has 2 aliphatic rings. The van der Waals surface area contributed by atoms with Crippen LogP contribution >= 0.6 is 23.4 Å². The number of halogens is 1. The molecule has 1 fully saturated rings. The number of aliphatic hydroxyl groups is 2. The summed E-state index contributed by atoms with van der Waals surface area (Å²) in [4.78, 5) is 5.22. The maximum Gasteiger partial charge on any atom is 0.180 e. The van der Waals surface area contributed by atoms with Gasteiger partial charge in [-0.15, -0.1) is 11.8 Å².